The minimum absolute atomic E-state index is 0.114. The lowest BCUT2D eigenvalue weighted by molar-refractivity contribution is -0.143. The van der Waals surface area contributed by atoms with Crippen LogP contribution in [0.4, 0.5) is 14.9 Å². The maximum absolute atomic E-state index is 13.6. The van der Waals surface area contributed by atoms with E-state index < -0.39 is 23.7 Å². The number of amides is 2. The molecule has 0 radical (unpaired) electrons. The molecule has 2 unspecified atom stereocenters. The predicted molar refractivity (Wildman–Crippen MR) is 84.3 cm³/mol. The van der Waals surface area contributed by atoms with Gasteiger partial charge < -0.3 is 15.3 Å². The van der Waals surface area contributed by atoms with Gasteiger partial charge in [0.1, 0.15) is 5.82 Å². The molecule has 0 spiro atoms. The fourth-order valence-electron chi connectivity index (χ4n) is 2.67. The number of hydrogen-bond donors (Lipinski definition) is 2. The van der Waals surface area contributed by atoms with Crippen molar-refractivity contribution in [1.82, 2.24) is 4.90 Å². The van der Waals surface area contributed by atoms with Crippen LogP contribution in [0.1, 0.15) is 18.9 Å². The summed E-state index contributed by atoms with van der Waals surface area (Å²) in [5.74, 6) is -1.80. The average molecular weight is 373 g/mol. The second-order valence-corrected chi connectivity index (χ2v) is 6.65. The molecule has 1 aromatic rings. The van der Waals surface area contributed by atoms with E-state index in [-0.39, 0.29) is 12.5 Å². The van der Waals surface area contributed by atoms with E-state index in [1.807, 2.05) is 6.92 Å². The second kappa shape index (κ2) is 6.64. The minimum atomic E-state index is -0.893. The Balaban J connectivity index is 2.11. The highest BCUT2D eigenvalue weighted by atomic mass is 79.9. The van der Waals surface area contributed by atoms with Gasteiger partial charge in [-0.15, -0.1) is 0 Å². The zero-order chi connectivity index (χ0) is 16.4. The first kappa shape index (κ1) is 16.7. The first-order valence-corrected chi connectivity index (χ1v) is 7.81. The lowest BCUT2D eigenvalue weighted by Crippen LogP contribution is -2.47. The van der Waals surface area contributed by atoms with Crippen LogP contribution in [-0.4, -0.2) is 35.1 Å². The van der Waals surface area contributed by atoms with Crippen molar-refractivity contribution in [2.45, 2.75) is 20.3 Å². The summed E-state index contributed by atoms with van der Waals surface area (Å²) < 4.78 is 13.9. The number of nitrogens with one attached hydrogen (secondary N) is 1. The molecule has 1 fully saturated rings. The standard InChI is InChI=1S/C15H18BrFN2O3/c1-8-3-10(14(20)21)7-19(6-8)15(22)18-13-5-12(17)11(16)4-9(13)2/h4-5,8,10H,3,6-7H2,1-2H3,(H,18,22)(H,20,21). The molecule has 2 rings (SSSR count). The number of halogens is 2. The van der Waals surface area contributed by atoms with E-state index in [9.17, 15) is 14.0 Å². The molecule has 1 aromatic carbocycles. The van der Waals surface area contributed by atoms with Crippen LogP contribution in [0.2, 0.25) is 0 Å². The van der Waals surface area contributed by atoms with Crippen LogP contribution < -0.4 is 5.32 Å². The number of rotatable bonds is 2. The number of hydrogen-bond acceptors (Lipinski definition) is 2. The first-order chi connectivity index (χ1) is 10.3. The van der Waals surface area contributed by atoms with Gasteiger partial charge in [-0.2, -0.15) is 0 Å². The van der Waals surface area contributed by atoms with E-state index in [1.165, 1.54) is 11.0 Å². The van der Waals surface area contributed by atoms with Crippen LogP contribution in [0.25, 0.3) is 0 Å². The van der Waals surface area contributed by atoms with Gasteiger partial charge in [0, 0.05) is 18.8 Å². The third-order valence-electron chi connectivity index (χ3n) is 3.81. The summed E-state index contributed by atoms with van der Waals surface area (Å²) in [5, 5.41) is 11.8. The topological polar surface area (TPSA) is 69.6 Å². The average Bonchev–Trinajstić information content (AvgIpc) is 2.43. The van der Waals surface area contributed by atoms with E-state index in [0.717, 1.165) is 5.56 Å². The number of carbonyl (C=O) groups excluding carboxylic acids is 1. The molecule has 22 heavy (non-hydrogen) atoms. The van der Waals surface area contributed by atoms with Crippen LogP contribution in [0.15, 0.2) is 16.6 Å². The number of piperidine rings is 1. The van der Waals surface area contributed by atoms with Crippen molar-refractivity contribution in [1.29, 1.82) is 0 Å². The predicted octanol–water partition coefficient (Wildman–Crippen LogP) is 3.47. The number of carboxylic acids is 1. The molecule has 1 saturated heterocycles. The molecule has 1 aliphatic heterocycles. The summed E-state index contributed by atoms with van der Waals surface area (Å²) in [6.07, 6.45) is 0.561. The molecule has 2 atom stereocenters. The van der Waals surface area contributed by atoms with Crippen molar-refractivity contribution in [3.63, 3.8) is 0 Å². The third-order valence-corrected chi connectivity index (χ3v) is 4.41. The van der Waals surface area contributed by atoms with Crippen molar-refractivity contribution in [2.24, 2.45) is 11.8 Å². The highest BCUT2D eigenvalue weighted by Gasteiger charge is 2.32. The summed E-state index contributed by atoms with van der Waals surface area (Å²) in [6, 6.07) is 2.44. The normalized spacial score (nSPS) is 21.5. The van der Waals surface area contributed by atoms with Gasteiger partial charge in [-0.25, -0.2) is 9.18 Å². The highest BCUT2D eigenvalue weighted by Crippen LogP contribution is 2.26. The third kappa shape index (κ3) is 3.76. The number of aliphatic carboxylic acids is 1. The van der Waals surface area contributed by atoms with Gasteiger partial charge >= 0.3 is 12.0 Å². The quantitative estimate of drug-likeness (QED) is 0.834. The molecule has 1 heterocycles. The Bertz CT molecular complexity index is 609. The molecule has 120 valence electrons. The number of likely N-dealkylation sites (tertiary alicyclic amines) is 1. The molecule has 5 nitrogen and oxygen atoms in total. The number of carboxylic acid groups (broad SMARTS) is 1. The highest BCUT2D eigenvalue weighted by molar-refractivity contribution is 9.10. The molecule has 0 aromatic heterocycles. The van der Waals surface area contributed by atoms with Crippen molar-refractivity contribution >= 4 is 33.6 Å². The summed E-state index contributed by atoms with van der Waals surface area (Å²) in [6.45, 7) is 4.34. The molecule has 0 saturated carbocycles. The van der Waals surface area contributed by atoms with Gasteiger partial charge in [0.15, 0.2) is 0 Å². The van der Waals surface area contributed by atoms with Crippen molar-refractivity contribution in [3.05, 3.63) is 28.0 Å². The smallest absolute Gasteiger partial charge is 0.321 e. The Hall–Kier alpha value is -1.63. The molecule has 0 aliphatic carbocycles. The monoisotopic (exact) mass is 372 g/mol. The van der Waals surface area contributed by atoms with Crippen LogP contribution >= 0.6 is 15.9 Å². The number of benzene rings is 1. The Morgan fingerprint density at radius 2 is 2.09 bits per heavy atom. The Labute approximate surface area is 136 Å². The van der Waals surface area contributed by atoms with Crippen LogP contribution in [0.3, 0.4) is 0 Å². The first-order valence-electron chi connectivity index (χ1n) is 7.02. The maximum Gasteiger partial charge on any atom is 0.321 e. The van der Waals surface area contributed by atoms with Gasteiger partial charge in [0.25, 0.3) is 0 Å². The lowest BCUT2D eigenvalue weighted by Gasteiger charge is -2.34. The van der Waals surface area contributed by atoms with Crippen LogP contribution in [0.5, 0.6) is 0 Å². The van der Waals surface area contributed by atoms with E-state index in [2.05, 4.69) is 21.2 Å². The summed E-state index contributed by atoms with van der Waals surface area (Å²) in [5.41, 5.74) is 1.11. The van der Waals surface area contributed by atoms with E-state index >= 15 is 0 Å². The van der Waals surface area contributed by atoms with Gasteiger partial charge in [0.2, 0.25) is 0 Å². The van der Waals surface area contributed by atoms with Crippen molar-refractivity contribution in [2.75, 3.05) is 18.4 Å². The molecule has 7 heteroatoms. The summed E-state index contributed by atoms with van der Waals surface area (Å²) >= 11 is 3.09. The molecular weight excluding hydrogens is 355 g/mol. The van der Waals surface area contributed by atoms with Gasteiger partial charge in [-0.05, 0) is 52.9 Å². The van der Waals surface area contributed by atoms with E-state index in [4.69, 9.17) is 5.11 Å². The van der Waals surface area contributed by atoms with Gasteiger partial charge in [-0.3, -0.25) is 4.79 Å². The van der Waals surface area contributed by atoms with Crippen LogP contribution in [-0.2, 0) is 4.79 Å². The number of carbonyl (C=O) groups is 2. The van der Waals surface area contributed by atoms with Gasteiger partial charge in [0.05, 0.1) is 10.4 Å². The number of aryl methyl sites for hydroxylation is 1. The zero-order valence-corrected chi connectivity index (χ0v) is 14.0. The molecular formula is C15H18BrFN2O3. The minimum Gasteiger partial charge on any atom is -0.481 e. The fourth-order valence-corrected chi connectivity index (χ4v) is 3.13. The van der Waals surface area contributed by atoms with Crippen molar-refractivity contribution < 1.29 is 19.1 Å². The summed E-state index contributed by atoms with van der Waals surface area (Å²) in [7, 11) is 0. The zero-order valence-electron chi connectivity index (χ0n) is 12.4. The summed E-state index contributed by atoms with van der Waals surface area (Å²) in [4.78, 5) is 24.9. The molecule has 2 amide bonds. The largest absolute Gasteiger partial charge is 0.481 e. The van der Waals surface area contributed by atoms with E-state index in [1.54, 1.807) is 13.0 Å². The lowest BCUT2D eigenvalue weighted by atomic mass is 9.91. The fraction of sp³-hybridized carbons (Fsp3) is 0.467. The number of urea groups is 1. The van der Waals surface area contributed by atoms with Gasteiger partial charge in [-0.1, -0.05) is 6.92 Å². The molecule has 0 bridgehead atoms. The number of anilines is 1. The van der Waals surface area contributed by atoms with Crippen LogP contribution in [0, 0.1) is 24.6 Å². The molecule has 2 N–H and O–H groups in total. The number of nitrogens with zero attached hydrogens (tertiary/aromatic N) is 1. The Morgan fingerprint density at radius 3 is 2.73 bits per heavy atom. The van der Waals surface area contributed by atoms with Crippen molar-refractivity contribution in [3.8, 4) is 0 Å². The Morgan fingerprint density at radius 1 is 1.41 bits per heavy atom. The Kier molecular flexibility index (Phi) is 5.05. The maximum atomic E-state index is 13.6. The molecule has 1 aliphatic rings. The van der Waals surface area contributed by atoms with E-state index in [0.29, 0.717) is 23.1 Å². The SMILES string of the molecule is Cc1cc(Br)c(F)cc1NC(=O)N1CC(C)CC(C(=O)O)C1. The second-order valence-electron chi connectivity index (χ2n) is 5.79.